The number of alkyl halides is 3. The average molecular weight is 531 g/mol. The molecule has 4 nitrogen and oxygen atoms in total. The predicted molar refractivity (Wildman–Crippen MR) is 138 cm³/mol. The number of nitrogens with zero attached hydrogens (tertiary/aromatic N) is 2. The number of amides is 1. The maximum atomic E-state index is 12.9. The number of hydrogen-bond acceptors (Lipinski definition) is 3. The Morgan fingerprint density at radius 1 is 0.865 bits per heavy atom. The molecule has 1 aliphatic heterocycles. The molecule has 0 saturated carbocycles. The van der Waals surface area contributed by atoms with Crippen LogP contribution in [-0.4, -0.2) is 48.4 Å². The first kappa shape index (κ1) is 27.2. The Morgan fingerprint density at radius 3 is 2.14 bits per heavy atom. The summed E-state index contributed by atoms with van der Waals surface area (Å²) in [5, 5.41) is 0.618. The highest BCUT2D eigenvalue weighted by molar-refractivity contribution is 6.30. The fourth-order valence-corrected chi connectivity index (χ4v) is 4.51. The summed E-state index contributed by atoms with van der Waals surface area (Å²) in [4.78, 5) is 16.9. The van der Waals surface area contributed by atoms with Crippen molar-refractivity contribution < 1.29 is 22.7 Å². The van der Waals surface area contributed by atoms with E-state index in [4.69, 9.17) is 16.3 Å². The fourth-order valence-electron chi connectivity index (χ4n) is 4.39. The van der Waals surface area contributed by atoms with Crippen molar-refractivity contribution >= 4 is 17.5 Å². The lowest BCUT2D eigenvalue weighted by Gasteiger charge is -2.36. The zero-order valence-electron chi connectivity index (χ0n) is 20.5. The molecule has 3 aromatic rings. The van der Waals surface area contributed by atoms with Crippen LogP contribution < -0.4 is 0 Å². The third kappa shape index (κ3) is 8.06. The maximum Gasteiger partial charge on any atom is 0.416 e. The lowest BCUT2D eigenvalue weighted by atomic mass is 10.1. The Morgan fingerprint density at radius 2 is 1.51 bits per heavy atom. The van der Waals surface area contributed by atoms with Gasteiger partial charge in [0.1, 0.15) is 0 Å². The number of aryl methyl sites for hydroxylation is 1. The second kappa shape index (κ2) is 12.6. The van der Waals surface area contributed by atoms with Crippen molar-refractivity contribution in [1.29, 1.82) is 0 Å². The molecule has 196 valence electrons. The lowest BCUT2D eigenvalue weighted by molar-refractivity contribution is -0.137. The van der Waals surface area contributed by atoms with Crippen LogP contribution in [0.2, 0.25) is 5.02 Å². The molecule has 8 heteroatoms. The number of carbonyl (C=O) groups is 1. The third-order valence-corrected chi connectivity index (χ3v) is 6.85. The molecule has 0 aliphatic carbocycles. The second-order valence-electron chi connectivity index (χ2n) is 9.21. The molecule has 3 aromatic carbocycles. The SMILES string of the molecule is O=C(CCc1ccccc1)N1CCN(C[C@H](OCc2ccc(C(F)(F)F)cc2)c2ccc(Cl)cc2)CC1. The van der Waals surface area contributed by atoms with Crippen molar-refractivity contribution in [2.75, 3.05) is 32.7 Å². The predicted octanol–water partition coefficient (Wildman–Crippen LogP) is 6.39. The van der Waals surface area contributed by atoms with E-state index < -0.39 is 11.7 Å². The van der Waals surface area contributed by atoms with Crippen molar-refractivity contribution in [3.63, 3.8) is 0 Å². The molecule has 0 unspecified atom stereocenters. The van der Waals surface area contributed by atoms with Gasteiger partial charge in [-0.2, -0.15) is 13.2 Å². The van der Waals surface area contributed by atoms with Crippen LogP contribution in [0.3, 0.4) is 0 Å². The molecular weight excluding hydrogens is 501 g/mol. The highest BCUT2D eigenvalue weighted by Crippen LogP contribution is 2.30. The number of hydrogen-bond donors (Lipinski definition) is 0. The fraction of sp³-hybridized carbons (Fsp3) is 0.345. The largest absolute Gasteiger partial charge is 0.416 e. The van der Waals surface area contributed by atoms with Crippen molar-refractivity contribution in [3.05, 3.63) is 106 Å². The molecule has 0 bridgehead atoms. The Kier molecular flexibility index (Phi) is 9.24. The Hall–Kier alpha value is -2.87. The second-order valence-corrected chi connectivity index (χ2v) is 9.65. The van der Waals surface area contributed by atoms with Gasteiger partial charge in [-0.05, 0) is 47.4 Å². The van der Waals surface area contributed by atoms with E-state index in [9.17, 15) is 18.0 Å². The topological polar surface area (TPSA) is 32.8 Å². The van der Waals surface area contributed by atoms with Gasteiger partial charge in [-0.25, -0.2) is 0 Å². The van der Waals surface area contributed by atoms with Crippen LogP contribution in [0.5, 0.6) is 0 Å². The third-order valence-electron chi connectivity index (χ3n) is 6.59. The smallest absolute Gasteiger partial charge is 0.368 e. The molecule has 1 heterocycles. The van der Waals surface area contributed by atoms with Crippen LogP contribution in [0.4, 0.5) is 13.2 Å². The molecule has 1 fully saturated rings. The van der Waals surface area contributed by atoms with E-state index in [1.807, 2.05) is 47.4 Å². The number of piperazine rings is 1. The summed E-state index contributed by atoms with van der Waals surface area (Å²) < 4.78 is 44.8. The van der Waals surface area contributed by atoms with E-state index in [1.165, 1.54) is 12.1 Å². The molecule has 1 saturated heterocycles. The molecule has 0 aromatic heterocycles. The van der Waals surface area contributed by atoms with Gasteiger partial charge >= 0.3 is 6.18 Å². The standard InChI is InChI=1S/C29H30ClF3N2O2/c30-26-13-9-24(10-14-26)27(37-21-23-6-11-25(12-7-23)29(31,32)33)20-34-16-18-35(19-17-34)28(36)15-8-22-4-2-1-3-5-22/h1-7,9-14,27H,8,15-21H2/t27-/m0/s1. The zero-order chi connectivity index (χ0) is 26.3. The molecule has 1 atom stereocenters. The van der Waals surface area contributed by atoms with Crippen molar-refractivity contribution in [3.8, 4) is 0 Å². The van der Waals surface area contributed by atoms with Gasteiger partial charge in [0.15, 0.2) is 0 Å². The van der Waals surface area contributed by atoms with Gasteiger partial charge in [-0.3, -0.25) is 9.69 Å². The number of halogens is 4. The normalized spacial score (nSPS) is 15.5. The van der Waals surface area contributed by atoms with Crippen LogP contribution in [0.25, 0.3) is 0 Å². The van der Waals surface area contributed by atoms with Crippen LogP contribution in [0.15, 0.2) is 78.9 Å². The van der Waals surface area contributed by atoms with Gasteiger partial charge in [-0.15, -0.1) is 0 Å². The summed E-state index contributed by atoms with van der Waals surface area (Å²) in [5.41, 5.74) is 2.09. The maximum absolute atomic E-state index is 12.9. The molecule has 0 N–H and O–H groups in total. The van der Waals surface area contributed by atoms with Crippen molar-refractivity contribution in [1.82, 2.24) is 9.80 Å². The van der Waals surface area contributed by atoms with Crippen LogP contribution >= 0.6 is 11.6 Å². The van der Waals surface area contributed by atoms with E-state index in [2.05, 4.69) is 4.90 Å². The average Bonchev–Trinajstić information content (AvgIpc) is 2.91. The highest BCUT2D eigenvalue weighted by Gasteiger charge is 2.30. The van der Waals surface area contributed by atoms with E-state index >= 15 is 0 Å². The van der Waals surface area contributed by atoms with E-state index in [1.54, 1.807) is 12.1 Å². The number of carbonyl (C=O) groups excluding carboxylic acids is 1. The minimum atomic E-state index is -4.36. The monoisotopic (exact) mass is 530 g/mol. The van der Waals surface area contributed by atoms with Gasteiger partial charge in [0.25, 0.3) is 0 Å². The first-order valence-corrected chi connectivity index (χ1v) is 12.7. The summed E-state index contributed by atoms with van der Waals surface area (Å²) in [6.07, 6.45) is -3.43. The zero-order valence-corrected chi connectivity index (χ0v) is 21.2. The Balaban J connectivity index is 1.32. The molecular formula is C29H30ClF3N2O2. The van der Waals surface area contributed by atoms with Crippen LogP contribution in [0.1, 0.15) is 34.8 Å². The number of ether oxygens (including phenoxy) is 1. The number of benzene rings is 3. The van der Waals surface area contributed by atoms with Crippen molar-refractivity contribution in [2.24, 2.45) is 0 Å². The van der Waals surface area contributed by atoms with Gasteiger partial charge in [0.2, 0.25) is 5.91 Å². The summed E-state index contributed by atoms with van der Waals surface area (Å²) in [5.74, 6) is 0.163. The Bertz CT molecular complexity index is 1130. The summed E-state index contributed by atoms with van der Waals surface area (Å²) in [6, 6.07) is 22.5. The molecule has 1 amide bonds. The summed E-state index contributed by atoms with van der Waals surface area (Å²) in [7, 11) is 0. The molecule has 4 rings (SSSR count). The summed E-state index contributed by atoms with van der Waals surface area (Å²) >= 11 is 6.06. The van der Waals surface area contributed by atoms with Crippen molar-refractivity contribution in [2.45, 2.75) is 31.7 Å². The first-order valence-electron chi connectivity index (χ1n) is 12.4. The van der Waals surface area contributed by atoms with E-state index in [0.29, 0.717) is 36.6 Å². The van der Waals surface area contributed by atoms with E-state index in [0.717, 1.165) is 42.8 Å². The lowest BCUT2D eigenvalue weighted by Crippen LogP contribution is -2.49. The summed E-state index contributed by atoms with van der Waals surface area (Å²) in [6.45, 7) is 3.55. The first-order chi connectivity index (χ1) is 17.8. The number of rotatable bonds is 9. The molecule has 0 spiro atoms. The van der Waals surface area contributed by atoms with Gasteiger partial charge in [-0.1, -0.05) is 66.2 Å². The van der Waals surface area contributed by atoms with Gasteiger partial charge < -0.3 is 9.64 Å². The Labute approximate surface area is 220 Å². The van der Waals surface area contributed by atoms with E-state index in [-0.39, 0.29) is 18.6 Å². The minimum Gasteiger partial charge on any atom is -0.368 e. The molecule has 0 radical (unpaired) electrons. The quantitative estimate of drug-likeness (QED) is 0.321. The van der Waals surface area contributed by atoms with Gasteiger partial charge in [0, 0.05) is 44.2 Å². The highest BCUT2D eigenvalue weighted by atomic mass is 35.5. The minimum absolute atomic E-state index is 0.163. The van der Waals surface area contributed by atoms with Gasteiger partial charge in [0.05, 0.1) is 18.3 Å². The molecule has 37 heavy (non-hydrogen) atoms. The van der Waals surface area contributed by atoms with Crippen LogP contribution in [-0.2, 0) is 28.7 Å². The van der Waals surface area contributed by atoms with Crippen LogP contribution in [0, 0.1) is 0 Å². The molecule has 1 aliphatic rings.